The van der Waals surface area contributed by atoms with Gasteiger partial charge in [0.15, 0.2) is 0 Å². The maximum atomic E-state index is 13.3. The summed E-state index contributed by atoms with van der Waals surface area (Å²) in [7, 11) is 4.98. The van der Waals surface area contributed by atoms with Gasteiger partial charge in [-0.2, -0.15) is 5.10 Å². The summed E-state index contributed by atoms with van der Waals surface area (Å²) >= 11 is 0. The summed E-state index contributed by atoms with van der Waals surface area (Å²) in [6.45, 7) is 1.19. The average Bonchev–Trinajstić information content (AvgIpc) is 3.64. The van der Waals surface area contributed by atoms with Gasteiger partial charge >= 0.3 is 0 Å². The Bertz CT molecular complexity index is 1290. The van der Waals surface area contributed by atoms with Gasteiger partial charge in [-0.25, -0.2) is 0 Å². The molecule has 4 heterocycles. The molecule has 0 saturated carbocycles. The van der Waals surface area contributed by atoms with Crippen molar-refractivity contribution in [3.8, 4) is 34.2 Å². The van der Waals surface area contributed by atoms with E-state index in [0.29, 0.717) is 47.8 Å². The van der Waals surface area contributed by atoms with Crippen molar-refractivity contribution in [2.24, 2.45) is 7.05 Å². The summed E-state index contributed by atoms with van der Waals surface area (Å²) < 4.78 is 23.3. The molecule has 1 aliphatic heterocycles. The Kier molecular flexibility index (Phi) is 5.79. The van der Waals surface area contributed by atoms with Gasteiger partial charge in [0, 0.05) is 31.6 Å². The molecule has 10 nitrogen and oxygen atoms in total. The van der Waals surface area contributed by atoms with E-state index in [0.717, 1.165) is 24.0 Å². The van der Waals surface area contributed by atoms with E-state index in [1.807, 2.05) is 23.1 Å². The van der Waals surface area contributed by atoms with E-state index >= 15 is 0 Å². The van der Waals surface area contributed by atoms with E-state index in [1.165, 1.54) is 0 Å². The third kappa shape index (κ3) is 4.02. The van der Waals surface area contributed by atoms with E-state index < -0.39 is 0 Å². The van der Waals surface area contributed by atoms with Crippen LogP contribution in [0.4, 0.5) is 0 Å². The number of methoxy groups -OCH3 is 2. The fourth-order valence-corrected chi connectivity index (χ4v) is 4.21. The first kappa shape index (κ1) is 21.7. The van der Waals surface area contributed by atoms with Crippen molar-refractivity contribution in [3.63, 3.8) is 0 Å². The van der Waals surface area contributed by atoms with Gasteiger partial charge < -0.3 is 23.2 Å². The second-order valence-corrected chi connectivity index (χ2v) is 8.13. The molecular weight excluding hydrogens is 438 g/mol. The topological polar surface area (TPSA) is 109 Å². The monoisotopic (exact) mass is 463 g/mol. The molecule has 1 amide bonds. The van der Waals surface area contributed by atoms with Gasteiger partial charge in [-0.05, 0) is 43.2 Å². The number of rotatable bonds is 6. The number of aryl methyl sites for hydroxylation is 1. The van der Waals surface area contributed by atoms with E-state index in [2.05, 4.69) is 15.3 Å². The minimum Gasteiger partial charge on any atom is -0.497 e. The molecule has 0 unspecified atom stereocenters. The molecule has 0 aliphatic carbocycles. The van der Waals surface area contributed by atoms with Crippen molar-refractivity contribution in [2.75, 3.05) is 27.3 Å². The molecule has 3 aromatic heterocycles. The summed E-state index contributed by atoms with van der Waals surface area (Å²) in [5, 5.41) is 12.9. The molecule has 0 N–H and O–H groups in total. The highest BCUT2D eigenvalue weighted by Gasteiger charge is 2.30. The van der Waals surface area contributed by atoms with E-state index in [1.54, 1.807) is 50.6 Å². The van der Waals surface area contributed by atoms with Crippen LogP contribution >= 0.6 is 0 Å². The predicted octanol–water partition coefficient (Wildman–Crippen LogP) is 3.77. The number of furan rings is 1. The quantitative estimate of drug-likeness (QED) is 0.425. The van der Waals surface area contributed by atoms with Crippen molar-refractivity contribution in [2.45, 2.75) is 18.8 Å². The lowest BCUT2D eigenvalue weighted by Gasteiger charge is -2.30. The van der Waals surface area contributed by atoms with Crippen LogP contribution in [0.5, 0.6) is 11.5 Å². The Morgan fingerprint density at radius 3 is 2.62 bits per heavy atom. The number of carbonyl (C=O) groups excluding carboxylic acids is 1. The van der Waals surface area contributed by atoms with Gasteiger partial charge in [0.1, 0.15) is 23.5 Å². The van der Waals surface area contributed by atoms with E-state index in [9.17, 15) is 4.79 Å². The van der Waals surface area contributed by atoms with Crippen LogP contribution in [0.1, 0.15) is 35.1 Å². The fraction of sp³-hybridized carbons (Fsp3) is 0.333. The molecule has 1 saturated heterocycles. The zero-order chi connectivity index (χ0) is 23.7. The van der Waals surface area contributed by atoms with Gasteiger partial charge in [0.25, 0.3) is 11.8 Å². The minimum absolute atomic E-state index is 0.0637. The average molecular weight is 463 g/mol. The van der Waals surface area contributed by atoms with Crippen LogP contribution in [0.2, 0.25) is 0 Å². The molecule has 34 heavy (non-hydrogen) atoms. The van der Waals surface area contributed by atoms with Crippen molar-refractivity contribution in [1.29, 1.82) is 0 Å². The molecule has 0 radical (unpaired) electrons. The van der Waals surface area contributed by atoms with Crippen LogP contribution in [-0.4, -0.2) is 58.1 Å². The minimum atomic E-state index is -0.0637. The first-order valence-corrected chi connectivity index (χ1v) is 11.0. The summed E-state index contributed by atoms with van der Waals surface area (Å²) in [5.74, 6) is 2.43. The molecule has 0 bridgehead atoms. The van der Waals surface area contributed by atoms with Crippen molar-refractivity contribution in [3.05, 3.63) is 54.4 Å². The third-order valence-electron chi connectivity index (χ3n) is 6.12. The van der Waals surface area contributed by atoms with Crippen LogP contribution in [0.15, 0.2) is 51.7 Å². The fourth-order valence-electron chi connectivity index (χ4n) is 4.21. The van der Waals surface area contributed by atoms with E-state index in [4.69, 9.17) is 18.3 Å². The molecular formula is C24H25N5O5. The standard InChI is InChI=1S/C24H25N5O5/c1-28-20(13-19(27-28)18-12-17(31-2)4-5-21(18)32-3)24(30)29-9-6-15(7-10-29)22-25-26-23(34-22)16-8-11-33-14-16/h4-5,8,11-15H,6-7,9-10H2,1-3H3. The smallest absolute Gasteiger partial charge is 0.272 e. The number of ether oxygens (including phenoxy) is 2. The number of carbonyl (C=O) groups is 1. The maximum absolute atomic E-state index is 13.3. The first-order valence-electron chi connectivity index (χ1n) is 11.0. The molecule has 4 aromatic rings. The van der Waals surface area contributed by atoms with Crippen LogP contribution in [0.25, 0.3) is 22.7 Å². The summed E-state index contributed by atoms with van der Waals surface area (Å²) in [6, 6.07) is 9.07. The van der Waals surface area contributed by atoms with Gasteiger partial charge in [-0.15, -0.1) is 10.2 Å². The zero-order valence-electron chi connectivity index (χ0n) is 19.2. The van der Waals surface area contributed by atoms with Crippen molar-refractivity contribution in [1.82, 2.24) is 24.9 Å². The molecule has 0 spiro atoms. The maximum Gasteiger partial charge on any atom is 0.272 e. The highest BCUT2D eigenvalue weighted by molar-refractivity contribution is 5.94. The molecule has 1 fully saturated rings. The van der Waals surface area contributed by atoms with Crippen LogP contribution in [0.3, 0.4) is 0 Å². The van der Waals surface area contributed by atoms with Gasteiger partial charge in [0.2, 0.25) is 5.89 Å². The second kappa shape index (κ2) is 9.05. The molecule has 5 rings (SSSR count). The lowest BCUT2D eigenvalue weighted by molar-refractivity contribution is 0.0695. The van der Waals surface area contributed by atoms with E-state index in [-0.39, 0.29) is 11.8 Å². The molecule has 1 aliphatic rings. The number of amides is 1. The Morgan fingerprint density at radius 2 is 1.91 bits per heavy atom. The first-order chi connectivity index (χ1) is 16.6. The summed E-state index contributed by atoms with van der Waals surface area (Å²) in [5.41, 5.74) is 2.68. The number of piperidine rings is 1. The second-order valence-electron chi connectivity index (χ2n) is 8.13. The molecule has 1 aromatic carbocycles. The summed E-state index contributed by atoms with van der Waals surface area (Å²) in [4.78, 5) is 15.1. The number of aromatic nitrogens is 4. The Balaban J connectivity index is 1.29. The highest BCUT2D eigenvalue weighted by atomic mass is 16.5. The number of hydrogen-bond donors (Lipinski definition) is 0. The largest absolute Gasteiger partial charge is 0.497 e. The lowest BCUT2D eigenvalue weighted by atomic mass is 9.96. The highest BCUT2D eigenvalue weighted by Crippen LogP contribution is 2.34. The van der Waals surface area contributed by atoms with Crippen molar-refractivity contribution < 1.29 is 23.1 Å². The van der Waals surface area contributed by atoms with Crippen LogP contribution in [0, 0.1) is 0 Å². The van der Waals surface area contributed by atoms with Gasteiger partial charge in [-0.3, -0.25) is 9.48 Å². The normalized spacial score (nSPS) is 14.4. The molecule has 176 valence electrons. The van der Waals surface area contributed by atoms with Gasteiger partial charge in [0.05, 0.1) is 31.7 Å². The van der Waals surface area contributed by atoms with Crippen molar-refractivity contribution >= 4 is 5.91 Å². The Labute approximate surface area is 196 Å². The number of likely N-dealkylation sites (tertiary alicyclic amines) is 1. The number of hydrogen-bond acceptors (Lipinski definition) is 8. The summed E-state index contributed by atoms with van der Waals surface area (Å²) in [6.07, 6.45) is 4.62. The molecule has 10 heteroatoms. The molecule has 0 atom stereocenters. The van der Waals surface area contributed by atoms with Crippen LogP contribution in [-0.2, 0) is 7.05 Å². The zero-order valence-corrected chi connectivity index (χ0v) is 19.2. The lowest BCUT2D eigenvalue weighted by Crippen LogP contribution is -2.38. The van der Waals surface area contributed by atoms with Crippen LogP contribution < -0.4 is 9.47 Å². The van der Waals surface area contributed by atoms with Gasteiger partial charge in [-0.1, -0.05) is 0 Å². The SMILES string of the molecule is COc1ccc(OC)c(-c2cc(C(=O)N3CCC(c4nnc(-c5ccoc5)o4)CC3)n(C)n2)c1. The number of benzene rings is 1. The number of nitrogens with zero attached hydrogens (tertiary/aromatic N) is 5. The predicted molar refractivity (Wildman–Crippen MR) is 122 cm³/mol. The Morgan fingerprint density at radius 1 is 1.09 bits per heavy atom. The third-order valence-corrected chi connectivity index (χ3v) is 6.12. The Hall–Kier alpha value is -4.08.